The van der Waals surface area contributed by atoms with Crippen molar-refractivity contribution in [2.75, 3.05) is 24.8 Å². The van der Waals surface area contributed by atoms with Gasteiger partial charge in [-0.2, -0.15) is 0 Å². The number of aromatic nitrogens is 1. The minimum absolute atomic E-state index is 0.0275. The lowest BCUT2D eigenvalue weighted by Crippen LogP contribution is -2.40. The zero-order chi connectivity index (χ0) is 29.1. The Labute approximate surface area is 234 Å². The van der Waals surface area contributed by atoms with Gasteiger partial charge in [0.25, 0.3) is 0 Å². The van der Waals surface area contributed by atoms with Crippen molar-refractivity contribution in [2.24, 2.45) is 0 Å². The number of nitrogens with one attached hydrogen (secondary N) is 2. The van der Waals surface area contributed by atoms with E-state index in [1.54, 1.807) is 20.0 Å². The minimum atomic E-state index is -1.61. The normalized spacial score (nSPS) is 18.9. The highest BCUT2D eigenvalue weighted by Crippen LogP contribution is 2.57. The number of rotatable bonds is 6. The molecule has 2 heterocycles. The summed E-state index contributed by atoms with van der Waals surface area (Å²) in [6.45, 7) is 5.80. The van der Waals surface area contributed by atoms with Gasteiger partial charge < -0.3 is 30.3 Å². The molecule has 1 aliphatic carbocycles. The van der Waals surface area contributed by atoms with E-state index in [0.29, 0.717) is 11.4 Å². The van der Waals surface area contributed by atoms with E-state index in [9.17, 15) is 24.6 Å². The number of hydrogen-bond acceptors (Lipinski definition) is 11. The van der Waals surface area contributed by atoms with Crippen LogP contribution in [0.4, 0.5) is 10.8 Å². The molecule has 0 fully saturated rings. The summed E-state index contributed by atoms with van der Waals surface area (Å²) >= 11 is 1.46. The molecule has 1 atom stereocenters. The number of anilines is 2. The number of fused-ring (bicyclic) bond motifs is 3. The van der Waals surface area contributed by atoms with Gasteiger partial charge in [0, 0.05) is 35.3 Å². The van der Waals surface area contributed by atoms with Gasteiger partial charge in [0.15, 0.2) is 22.5 Å². The van der Waals surface area contributed by atoms with E-state index in [1.165, 1.54) is 45.3 Å². The lowest BCUT2D eigenvalue weighted by Gasteiger charge is -2.29. The number of methoxy groups -OCH3 is 1. The van der Waals surface area contributed by atoms with Gasteiger partial charge in [-0.3, -0.25) is 14.4 Å². The van der Waals surface area contributed by atoms with Crippen molar-refractivity contribution in [1.82, 2.24) is 4.98 Å². The molecule has 11 heteroatoms. The number of ether oxygens (including phenoxy) is 2. The molecule has 0 spiro atoms. The number of Topliss-reactive ketones (excluding diaryl/α,β-unsaturated/α-hetero) is 2. The number of phenols is 2. The third-order valence-corrected chi connectivity index (χ3v) is 8.16. The molecule has 1 aliphatic heterocycles. The predicted molar refractivity (Wildman–Crippen MR) is 151 cm³/mol. The molecule has 2 aliphatic rings. The fourth-order valence-electron chi connectivity index (χ4n) is 5.11. The number of ketones is 3. The van der Waals surface area contributed by atoms with Crippen LogP contribution >= 0.6 is 11.3 Å². The molecule has 10 nitrogen and oxygen atoms in total. The molecule has 1 aromatic heterocycles. The van der Waals surface area contributed by atoms with Crippen LogP contribution in [0, 0.1) is 6.92 Å². The molecule has 206 valence electrons. The molecular formula is C29H27N3O7S. The Hall–Kier alpha value is -4.64. The second-order valence-electron chi connectivity index (χ2n) is 9.71. The first-order chi connectivity index (χ1) is 18.9. The number of aromatic hydroxyl groups is 2. The van der Waals surface area contributed by atoms with Crippen molar-refractivity contribution in [3.05, 3.63) is 63.4 Å². The highest BCUT2D eigenvalue weighted by atomic mass is 32.1. The first kappa shape index (κ1) is 26.9. The summed E-state index contributed by atoms with van der Waals surface area (Å²) in [5, 5.41) is 30.4. The fraction of sp³-hybridized carbons (Fsp3) is 0.241. The van der Waals surface area contributed by atoms with Crippen LogP contribution in [-0.2, 0) is 15.0 Å². The van der Waals surface area contributed by atoms with Gasteiger partial charge in [0.05, 0.1) is 29.6 Å². The van der Waals surface area contributed by atoms with Crippen molar-refractivity contribution in [2.45, 2.75) is 33.1 Å². The Morgan fingerprint density at radius 2 is 1.90 bits per heavy atom. The van der Waals surface area contributed by atoms with Gasteiger partial charge in [0.1, 0.15) is 39.7 Å². The van der Waals surface area contributed by atoms with E-state index in [2.05, 4.69) is 15.6 Å². The van der Waals surface area contributed by atoms with Crippen molar-refractivity contribution < 1.29 is 34.1 Å². The molecule has 5 rings (SSSR count). The van der Waals surface area contributed by atoms with E-state index in [4.69, 9.17) is 9.47 Å². The summed E-state index contributed by atoms with van der Waals surface area (Å²) in [4.78, 5) is 44.3. The molecule has 1 unspecified atom stereocenters. The predicted octanol–water partition coefficient (Wildman–Crippen LogP) is 4.85. The zero-order valence-electron chi connectivity index (χ0n) is 22.7. The Morgan fingerprint density at radius 3 is 2.52 bits per heavy atom. The van der Waals surface area contributed by atoms with Crippen LogP contribution in [-0.4, -0.2) is 46.7 Å². The fourth-order valence-corrected chi connectivity index (χ4v) is 5.79. The molecule has 0 amide bonds. The number of nitrogens with zero attached hydrogens (tertiary/aromatic N) is 1. The third kappa shape index (κ3) is 3.84. The Morgan fingerprint density at radius 1 is 1.18 bits per heavy atom. The molecule has 2 aromatic carbocycles. The van der Waals surface area contributed by atoms with Crippen molar-refractivity contribution >= 4 is 39.5 Å². The molecule has 40 heavy (non-hydrogen) atoms. The first-order valence-electron chi connectivity index (χ1n) is 12.3. The van der Waals surface area contributed by atoms with Crippen LogP contribution in [0.15, 0.2) is 46.7 Å². The van der Waals surface area contributed by atoms with Crippen molar-refractivity contribution in [1.29, 1.82) is 0 Å². The molecule has 0 saturated carbocycles. The lowest BCUT2D eigenvalue weighted by molar-refractivity contribution is -0.123. The van der Waals surface area contributed by atoms with Gasteiger partial charge >= 0.3 is 0 Å². The van der Waals surface area contributed by atoms with Crippen LogP contribution in [0.2, 0.25) is 0 Å². The van der Waals surface area contributed by atoms with E-state index in [0.717, 1.165) is 16.4 Å². The van der Waals surface area contributed by atoms with Crippen molar-refractivity contribution in [3.8, 4) is 34.3 Å². The maximum absolute atomic E-state index is 14.1. The van der Waals surface area contributed by atoms with E-state index >= 15 is 0 Å². The maximum atomic E-state index is 14.1. The van der Waals surface area contributed by atoms with Gasteiger partial charge in [-0.25, -0.2) is 4.98 Å². The molecule has 3 aromatic rings. The minimum Gasteiger partial charge on any atom is -0.507 e. The monoisotopic (exact) mass is 561 g/mol. The number of carbonyl (C=O) groups is 3. The summed E-state index contributed by atoms with van der Waals surface area (Å²) < 4.78 is 11.3. The van der Waals surface area contributed by atoms with Gasteiger partial charge in [0.2, 0.25) is 0 Å². The number of phenolic OH excluding ortho intramolecular Hbond substituents is 2. The largest absolute Gasteiger partial charge is 0.507 e. The molecule has 0 bridgehead atoms. The molecule has 0 saturated heterocycles. The van der Waals surface area contributed by atoms with Crippen LogP contribution < -0.4 is 20.1 Å². The summed E-state index contributed by atoms with van der Waals surface area (Å²) in [7, 11) is 3.30. The molecular weight excluding hydrogens is 534 g/mol. The highest BCUT2D eigenvalue weighted by Gasteiger charge is 2.56. The second kappa shape index (κ2) is 9.53. The molecule has 0 radical (unpaired) electrons. The summed E-state index contributed by atoms with van der Waals surface area (Å²) in [5.41, 5.74) is 0.458. The summed E-state index contributed by atoms with van der Waals surface area (Å²) in [6, 6.07) is 5.42. The average molecular weight is 562 g/mol. The topological polar surface area (TPSA) is 147 Å². The van der Waals surface area contributed by atoms with Gasteiger partial charge in [-0.1, -0.05) is 0 Å². The van der Waals surface area contributed by atoms with Crippen molar-refractivity contribution in [3.63, 3.8) is 0 Å². The zero-order valence-corrected chi connectivity index (χ0v) is 23.5. The SMILES string of the molecule is CNc1nc(-c2ccc(OC)c(NC(C)=C3C(=O)C=C4Oc5c(C(C)=O)c(O)c(C)c(O)c5C4(C)C3=O)c2)cs1. The van der Waals surface area contributed by atoms with E-state index in [1.807, 2.05) is 17.5 Å². The summed E-state index contributed by atoms with van der Waals surface area (Å²) in [6.07, 6.45) is 1.18. The smallest absolute Gasteiger partial charge is 0.194 e. The number of allylic oxidation sites excluding steroid dienone is 4. The first-order valence-corrected chi connectivity index (χ1v) is 13.2. The quantitative estimate of drug-likeness (QED) is 0.187. The van der Waals surface area contributed by atoms with E-state index < -0.39 is 28.5 Å². The number of thiazole rings is 1. The second-order valence-corrected chi connectivity index (χ2v) is 10.6. The number of carbonyl (C=O) groups excluding carboxylic acids is 3. The Balaban J connectivity index is 1.62. The highest BCUT2D eigenvalue weighted by molar-refractivity contribution is 7.14. The van der Waals surface area contributed by atoms with Crippen LogP contribution in [0.3, 0.4) is 0 Å². The summed E-state index contributed by atoms with van der Waals surface area (Å²) in [5.74, 6) is -2.23. The standard InChI is InChI=1S/C29H27N3O7S/c1-12-24(35)22(14(3)33)26-23(25(12)36)29(4)20(39-26)10-18(34)21(27(29)37)13(2)31-16-9-15(7-8-19(16)38-6)17-11-40-28(30-5)32-17/h7-11,31,35-36H,1-6H3,(H,30,32). The average Bonchev–Trinajstić information content (AvgIpc) is 3.50. The lowest BCUT2D eigenvalue weighted by atomic mass is 9.70. The number of hydrogen-bond donors (Lipinski definition) is 4. The number of benzene rings is 2. The Kier molecular flexibility index (Phi) is 6.42. The van der Waals surface area contributed by atoms with Crippen LogP contribution in [0.5, 0.6) is 23.0 Å². The van der Waals surface area contributed by atoms with E-state index in [-0.39, 0.29) is 45.2 Å². The Bertz CT molecular complexity index is 1700. The van der Waals surface area contributed by atoms with Gasteiger partial charge in [-0.05, 0) is 45.9 Å². The third-order valence-electron chi connectivity index (χ3n) is 7.30. The van der Waals surface area contributed by atoms with Crippen LogP contribution in [0.1, 0.15) is 42.3 Å². The molecule has 4 N–H and O–H groups in total. The maximum Gasteiger partial charge on any atom is 0.194 e. The van der Waals surface area contributed by atoms with Crippen LogP contribution in [0.25, 0.3) is 11.3 Å². The van der Waals surface area contributed by atoms with Gasteiger partial charge in [-0.15, -0.1) is 11.3 Å².